The van der Waals surface area contributed by atoms with Gasteiger partial charge in [0.25, 0.3) is 9.84 Å². The van der Waals surface area contributed by atoms with Crippen molar-refractivity contribution in [3.8, 4) is 11.8 Å². The van der Waals surface area contributed by atoms with E-state index in [4.69, 9.17) is 10.00 Å². The Bertz CT molecular complexity index is 1030. The van der Waals surface area contributed by atoms with Crippen LogP contribution in [-0.2, 0) is 20.4 Å². The van der Waals surface area contributed by atoms with E-state index in [1.54, 1.807) is 24.3 Å². The highest BCUT2D eigenvalue weighted by atomic mass is 32.2. The zero-order valence-corrected chi connectivity index (χ0v) is 16.6. The van der Waals surface area contributed by atoms with Crippen molar-refractivity contribution >= 4 is 33.2 Å². The molecule has 0 saturated carbocycles. The van der Waals surface area contributed by atoms with Gasteiger partial charge in [0.2, 0.25) is 5.91 Å². The molecule has 0 atom stereocenters. The zero-order valence-electron chi connectivity index (χ0n) is 15.0. The Morgan fingerprint density at radius 3 is 2.41 bits per heavy atom. The number of hydrogen-bond acceptors (Lipinski definition) is 6. The van der Waals surface area contributed by atoms with Gasteiger partial charge in [0, 0.05) is 5.75 Å². The Morgan fingerprint density at radius 1 is 1.21 bits per heavy atom. The third-order valence-electron chi connectivity index (χ3n) is 3.64. The van der Waals surface area contributed by atoms with E-state index in [-0.39, 0.29) is 17.2 Å². The van der Waals surface area contributed by atoms with Crippen LogP contribution in [0.2, 0.25) is 0 Å². The van der Waals surface area contributed by atoms with Gasteiger partial charge in [0.15, 0.2) is 0 Å². The van der Waals surface area contributed by atoms with Gasteiger partial charge in [-0.05, 0) is 35.9 Å². The molecule has 0 heterocycles. The number of methoxy groups -OCH3 is 1. The van der Waals surface area contributed by atoms with Crippen molar-refractivity contribution in [3.05, 3.63) is 53.6 Å². The monoisotopic (exact) mass is 444 g/mol. The molecular formula is C18H15F3N2O4S2. The molecule has 29 heavy (non-hydrogen) atoms. The van der Waals surface area contributed by atoms with Gasteiger partial charge in [-0.2, -0.15) is 18.4 Å². The fourth-order valence-electron chi connectivity index (χ4n) is 2.21. The van der Waals surface area contributed by atoms with E-state index in [9.17, 15) is 26.4 Å². The number of nitrogens with one attached hydrogen (secondary N) is 1. The molecule has 0 aliphatic rings. The molecule has 2 aromatic carbocycles. The Morgan fingerprint density at radius 2 is 1.86 bits per heavy atom. The lowest BCUT2D eigenvalue weighted by molar-refractivity contribution is -0.113. The maximum Gasteiger partial charge on any atom is 0.501 e. The van der Waals surface area contributed by atoms with Gasteiger partial charge in [-0.15, -0.1) is 11.8 Å². The SMILES string of the molecule is COc1ccc(S(=O)(=O)C(F)(F)F)cc1NC(=O)CSCc1ccc(C#N)cc1. The maximum atomic E-state index is 12.7. The van der Waals surface area contributed by atoms with Crippen molar-refractivity contribution in [2.24, 2.45) is 0 Å². The first-order valence-corrected chi connectivity index (χ1v) is 10.6. The fraction of sp³-hybridized carbons (Fsp3) is 0.222. The van der Waals surface area contributed by atoms with E-state index in [0.29, 0.717) is 17.4 Å². The van der Waals surface area contributed by atoms with E-state index >= 15 is 0 Å². The van der Waals surface area contributed by atoms with Gasteiger partial charge >= 0.3 is 5.51 Å². The number of nitriles is 1. The van der Waals surface area contributed by atoms with E-state index in [2.05, 4.69) is 5.32 Å². The second-order valence-electron chi connectivity index (χ2n) is 5.66. The van der Waals surface area contributed by atoms with Crippen molar-refractivity contribution in [1.82, 2.24) is 0 Å². The van der Waals surface area contributed by atoms with Gasteiger partial charge in [0.05, 0.1) is 35.1 Å². The normalized spacial score (nSPS) is 11.6. The van der Waals surface area contributed by atoms with Gasteiger partial charge < -0.3 is 10.1 Å². The topological polar surface area (TPSA) is 96.3 Å². The number of nitrogens with zero attached hydrogens (tertiary/aromatic N) is 1. The molecule has 0 aliphatic carbocycles. The first-order chi connectivity index (χ1) is 13.6. The highest BCUT2D eigenvalue weighted by Crippen LogP contribution is 2.34. The minimum Gasteiger partial charge on any atom is -0.495 e. The van der Waals surface area contributed by atoms with Crippen LogP contribution in [0, 0.1) is 11.3 Å². The van der Waals surface area contributed by atoms with Crippen molar-refractivity contribution in [2.45, 2.75) is 16.2 Å². The summed E-state index contributed by atoms with van der Waals surface area (Å²) < 4.78 is 66.3. The summed E-state index contributed by atoms with van der Waals surface area (Å²) in [5, 5.41) is 11.1. The number of ether oxygens (including phenoxy) is 1. The van der Waals surface area contributed by atoms with E-state index < -0.39 is 26.1 Å². The molecule has 0 radical (unpaired) electrons. The third kappa shape index (κ3) is 5.65. The molecule has 2 aromatic rings. The molecule has 0 aromatic heterocycles. The van der Waals surface area contributed by atoms with Crippen LogP contribution in [-0.4, -0.2) is 32.7 Å². The molecule has 2 rings (SSSR count). The largest absolute Gasteiger partial charge is 0.501 e. The summed E-state index contributed by atoms with van der Waals surface area (Å²) in [5.41, 5.74) is -4.24. The Kier molecular flexibility index (Phi) is 7.16. The second-order valence-corrected chi connectivity index (χ2v) is 8.59. The predicted molar refractivity (Wildman–Crippen MR) is 102 cm³/mol. The fourth-order valence-corrected chi connectivity index (χ4v) is 3.78. The number of sulfone groups is 1. The number of carbonyl (C=O) groups excluding carboxylic acids is 1. The maximum absolute atomic E-state index is 12.7. The Hall–Kier alpha value is -2.71. The van der Waals surface area contributed by atoms with Crippen LogP contribution in [0.3, 0.4) is 0 Å². The van der Waals surface area contributed by atoms with E-state index in [1.807, 2.05) is 6.07 Å². The van der Waals surface area contributed by atoms with Gasteiger partial charge in [-0.3, -0.25) is 4.79 Å². The minimum absolute atomic E-state index is 0.0246. The molecule has 0 unspecified atom stereocenters. The number of amides is 1. The number of thioether (sulfide) groups is 1. The summed E-state index contributed by atoms with van der Waals surface area (Å²) in [6.07, 6.45) is 0. The van der Waals surface area contributed by atoms with Gasteiger partial charge in [0.1, 0.15) is 5.75 Å². The molecule has 0 saturated heterocycles. The average Bonchev–Trinajstić information content (AvgIpc) is 2.67. The first-order valence-electron chi connectivity index (χ1n) is 7.94. The molecule has 0 fully saturated rings. The zero-order chi connectivity index (χ0) is 21.7. The average molecular weight is 444 g/mol. The molecule has 6 nitrogen and oxygen atoms in total. The number of hydrogen-bond donors (Lipinski definition) is 1. The van der Waals surface area contributed by atoms with Crippen LogP contribution in [0.15, 0.2) is 47.4 Å². The van der Waals surface area contributed by atoms with Crippen molar-refractivity contribution in [2.75, 3.05) is 18.2 Å². The molecule has 154 valence electrons. The smallest absolute Gasteiger partial charge is 0.495 e. The molecule has 0 aliphatic heterocycles. The number of anilines is 1. The van der Waals surface area contributed by atoms with Crippen LogP contribution in [0.5, 0.6) is 5.75 Å². The summed E-state index contributed by atoms with van der Waals surface area (Å²) in [5.74, 6) is -0.0712. The molecule has 0 spiro atoms. The number of carbonyl (C=O) groups is 1. The Labute approximate surface area is 169 Å². The van der Waals surface area contributed by atoms with Crippen molar-refractivity contribution in [3.63, 3.8) is 0 Å². The number of rotatable bonds is 7. The lowest BCUT2D eigenvalue weighted by Crippen LogP contribution is -2.23. The number of benzene rings is 2. The lowest BCUT2D eigenvalue weighted by atomic mass is 10.2. The number of alkyl halides is 3. The van der Waals surface area contributed by atoms with Gasteiger partial charge in [-0.1, -0.05) is 12.1 Å². The summed E-state index contributed by atoms with van der Waals surface area (Å²) in [6, 6.07) is 11.3. The van der Waals surface area contributed by atoms with Crippen LogP contribution < -0.4 is 10.1 Å². The van der Waals surface area contributed by atoms with Crippen LogP contribution in [0.25, 0.3) is 0 Å². The standard InChI is InChI=1S/C18H15F3N2O4S2/c1-27-16-7-6-14(29(25,26)18(19,20)21)8-15(16)23-17(24)11-28-10-13-4-2-12(9-22)3-5-13/h2-8H,10-11H2,1H3,(H,23,24). The summed E-state index contributed by atoms with van der Waals surface area (Å²) >= 11 is 1.24. The quantitative estimate of drug-likeness (QED) is 0.699. The molecule has 1 N–H and O–H groups in total. The van der Waals surface area contributed by atoms with Gasteiger partial charge in [-0.25, -0.2) is 8.42 Å². The second kappa shape index (κ2) is 9.19. The third-order valence-corrected chi connectivity index (χ3v) is 6.13. The Balaban J connectivity index is 2.06. The lowest BCUT2D eigenvalue weighted by Gasteiger charge is -2.13. The van der Waals surface area contributed by atoms with Crippen molar-refractivity contribution < 1.29 is 31.1 Å². The summed E-state index contributed by atoms with van der Waals surface area (Å²) in [7, 11) is -4.31. The molecule has 1 amide bonds. The molecular weight excluding hydrogens is 429 g/mol. The van der Waals surface area contributed by atoms with E-state index in [1.165, 1.54) is 18.9 Å². The van der Waals surface area contributed by atoms with Crippen molar-refractivity contribution in [1.29, 1.82) is 5.26 Å². The highest BCUT2D eigenvalue weighted by molar-refractivity contribution is 7.99. The molecule has 11 heteroatoms. The summed E-state index contributed by atoms with van der Waals surface area (Å²) in [4.78, 5) is 11.1. The first kappa shape index (κ1) is 22.6. The molecule has 0 bridgehead atoms. The summed E-state index contributed by atoms with van der Waals surface area (Å²) in [6.45, 7) is 0. The van der Waals surface area contributed by atoms with Crippen LogP contribution in [0.4, 0.5) is 18.9 Å². The highest BCUT2D eigenvalue weighted by Gasteiger charge is 2.47. The number of halogens is 3. The van der Waals surface area contributed by atoms with E-state index in [0.717, 1.165) is 17.7 Å². The predicted octanol–water partition coefficient (Wildman–Crippen LogP) is 3.73. The minimum atomic E-state index is -5.55. The van der Waals surface area contributed by atoms with Crippen LogP contribution in [0.1, 0.15) is 11.1 Å². The van der Waals surface area contributed by atoms with Crippen LogP contribution >= 0.6 is 11.8 Å².